The molecular weight excluding hydrogens is 395 g/mol. The standard InChI is InChI=1S/C15H12BrClF3N3/c1-8(11-4-3-10(17)7-12(11)15(18,19)20)23-14-6-9(16)2-5-13(14)21-22-23/h2-8,21-22H,1H3/t8-/m1/s1. The minimum absolute atomic E-state index is 0.0592. The molecule has 0 radical (unpaired) electrons. The summed E-state index contributed by atoms with van der Waals surface area (Å²) in [6.45, 7) is 1.70. The van der Waals surface area contributed by atoms with Gasteiger partial charge in [0.1, 0.15) is 0 Å². The topological polar surface area (TPSA) is 27.3 Å². The summed E-state index contributed by atoms with van der Waals surface area (Å²) in [6, 6.07) is 8.80. The van der Waals surface area contributed by atoms with Crippen molar-refractivity contribution in [2.24, 2.45) is 0 Å². The number of hydrogen-bond acceptors (Lipinski definition) is 3. The van der Waals surface area contributed by atoms with E-state index < -0.39 is 17.8 Å². The number of nitrogens with one attached hydrogen (secondary N) is 2. The van der Waals surface area contributed by atoms with Crippen molar-refractivity contribution in [1.82, 2.24) is 5.53 Å². The molecule has 23 heavy (non-hydrogen) atoms. The van der Waals surface area contributed by atoms with Gasteiger partial charge in [-0.25, -0.2) is 0 Å². The van der Waals surface area contributed by atoms with Crippen molar-refractivity contribution < 1.29 is 13.2 Å². The molecule has 2 aromatic carbocycles. The van der Waals surface area contributed by atoms with Crippen LogP contribution in [0.3, 0.4) is 0 Å². The molecule has 0 bridgehead atoms. The van der Waals surface area contributed by atoms with Gasteiger partial charge in [0.05, 0.1) is 23.0 Å². The van der Waals surface area contributed by atoms with Crippen LogP contribution in [0.25, 0.3) is 0 Å². The summed E-state index contributed by atoms with van der Waals surface area (Å²) in [6.07, 6.45) is -4.47. The first kappa shape index (κ1) is 16.4. The Morgan fingerprint density at radius 2 is 1.91 bits per heavy atom. The number of hydrazine groups is 2. The van der Waals surface area contributed by atoms with E-state index in [1.807, 2.05) is 18.2 Å². The van der Waals surface area contributed by atoms with Crippen LogP contribution >= 0.6 is 27.5 Å². The van der Waals surface area contributed by atoms with Crippen molar-refractivity contribution in [1.29, 1.82) is 0 Å². The molecule has 0 saturated heterocycles. The molecule has 1 aliphatic rings. The Hall–Kier alpha value is -1.44. The minimum atomic E-state index is -4.47. The summed E-state index contributed by atoms with van der Waals surface area (Å²) in [7, 11) is 0. The van der Waals surface area contributed by atoms with E-state index in [1.165, 1.54) is 12.1 Å². The van der Waals surface area contributed by atoms with Crippen LogP contribution in [0, 0.1) is 0 Å². The first-order valence-corrected chi connectivity index (χ1v) is 7.91. The lowest BCUT2D eigenvalue weighted by Crippen LogP contribution is -2.38. The Morgan fingerprint density at radius 1 is 1.17 bits per heavy atom. The molecule has 2 N–H and O–H groups in total. The largest absolute Gasteiger partial charge is 0.416 e. The maximum atomic E-state index is 13.3. The van der Waals surface area contributed by atoms with E-state index in [-0.39, 0.29) is 10.6 Å². The summed E-state index contributed by atoms with van der Waals surface area (Å²) < 4.78 is 40.8. The fraction of sp³-hybridized carbons (Fsp3) is 0.200. The fourth-order valence-corrected chi connectivity index (χ4v) is 3.09. The number of alkyl halides is 3. The van der Waals surface area contributed by atoms with Gasteiger partial charge in [0.2, 0.25) is 0 Å². The third-order valence-electron chi connectivity index (χ3n) is 3.69. The first-order valence-electron chi connectivity index (χ1n) is 6.74. The van der Waals surface area contributed by atoms with Gasteiger partial charge in [-0.3, -0.25) is 5.01 Å². The Morgan fingerprint density at radius 3 is 2.61 bits per heavy atom. The Kier molecular flexibility index (Phi) is 4.20. The van der Waals surface area contributed by atoms with Crippen molar-refractivity contribution in [3.05, 3.63) is 57.0 Å². The summed E-state index contributed by atoms with van der Waals surface area (Å²) >= 11 is 9.12. The van der Waals surface area contributed by atoms with Crippen LogP contribution in [-0.2, 0) is 6.18 Å². The van der Waals surface area contributed by atoms with E-state index >= 15 is 0 Å². The number of halogens is 5. The number of fused-ring (bicyclic) bond motifs is 1. The van der Waals surface area contributed by atoms with Gasteiger partial charge in [-0.05, 0) is 42.8 Å². The van der Waals surface area contributed by atoms with Crippen molar-refractivity contribution in [2.45, 2.75) is 19.1 Å². The van der Waals surface area contributed by atoms with E-state index in [1.54, 1.807) is 11.9 Å². The summed E-state index contributed by atoms with van der Waals surface area (Å²) in [5.41, 5.74) is 6.81. The molecule has 3 nitrogen and oxygen atoms in total. The van der Waals surface area contributed by atoms with Gasteiger partial charge >= 0.3 is 6.18 Å². The van der Waals surface area contributed by atoms with E-state index in [0.717, 1.165) is 21.9 Å². The monoisotopic (exact) mass is 405 g/mol. The number of rotatable bonds is 2. The molecular formula is C15H12BrClF3N3. The molecule has 0 amide bonds. The molecule has 122 valence electrons. The van der Waals surface area contributed by atoms with Crippen LogP contribution in [0.4, 0.5) is 24.5 Å². The van der Waals surface area contributed by atoms with Crippen LogP contribution in [-0.4, -0.2) is 0 Å². The molecule has 0 spiro atoms. The fourth-order valence-electron chi connectivity index (χ4n) is 2.57. The second-order valence-electron chi connectivity index (χ2n) is 5.17. The number of anilines is 2. The average molecular weight is 407 g/mol. The molecule has 3 rings (SSSR count). The van der Waals surface area contributed by atoms with Gasteiger partial charge in [0.15, 0.2) is 0 Å². The molecule has 0 saturated carbocycles. The minimum Gasteiger partial charge on any atom is -0.302 e. The van der Waals surface area contributed by atoms with Crippen LogP contribution in [0.2, 0.25) is 5.02 Å². The maximum absolute atomic E-state index is 13.3. The van der Waals surface area contributed by atoms with E-state index in [4.69, 9.17) is 11.6 Å². The molecule has 8 heteroatoms. The van der Waals surface area contributed by atoms with E-state index in [9.17, 15) is 13.2 Å². The molecule has 0 unspecified atom stereocenters. The summed E-state index contributed by atoms with van der Waals surface area (Å²) in [4.78, 5) is 0. The highest BCUT2D eigenvalue weighted by molar-refractivity contribution is 9.10. The predicted molar refractivity (Wildman–Crippen MR) is 88.2 cm³/mol. The lowest BCUT2D eigenvalue weighted by Gasteiger charge is -2.28. The predicted octanol–water partition coefficient (Wildman–Crippen LogP) is 5.53. The van der Waals surface area contributed by atoms with Crippen LogP contribution in [0.1, 0.15) is 24.1 Å². The zero-order valence-corrected chi connectivity index (χ0v) is 14.2. The SMILES string of the molecule is C[C@H](c1ccc(Cl)cc1C(F)(F)F)N1NNc2ccc(Br)cc21. The van der Waals surface area contributed by atoms with Gasteiger partial charge in [-0.1, -0.05) is 33.6 Å². The molecule has 0 fully saturated rings. The van der Waals surface area contributed by atoms with Crippen molar-refractivity contribution in [3.8, 4) is 0 Å². The van der Waals surface area contributed by atoms with Crippen molar-refractivity contribution in [3.63, 3.8) is 0 Å². The van der Waals surface area contributed by atoms with E-state index in [0.29, 0.717) is 0 Å². The molecule has 0 aliphatic carbocycles. The smallest absolute Gasteiger partial charge is 0.302 e. The Balaban J connectivity index is 2.03. The molecule has 1 aliphatic heterocycles. The number of hydrogen-bond donors (Lipinski definition) is 2. The van der Waals surface area contributed by atoms with Gasteiger partial charge in [-0.15, -0.1) is 5.53 Å². The van der Waals surface area contributed by atoms with Gasteiger partial charge in [0, 0.05) is 9.50 Å². The van der Waals surface area contributed by atoms with Gasteiger partial charge in [0.25, 0.3) is 0 Å². The van der Waals surface area contributed by atoms with Crippen LogP contribution in [0.15, 0.2) is 40.9 Å². The third kappa shape index (κ3) is 3.13. The lowest BCUT2D eigenvalue weighted by molar-refractivity contribution is -0.138. The Labute approximate surface area is 144 Å². The van der Waals surface area contributed by atoms with Gasteiger partial charge < -0.3 is 5.43 Å². The van der Waals surface area contributed by atoms with Gasteiger partial charge in [-0.2, -0.15) is 13.2 Å². The molecule has 1 heterocycles. The van der Waals surface area contributed by atoms with Crippen LogP contribution in [0.5, 0.6) is 0 Å². The second-order valence-corrected chi connectivity index (χ2v) is 6.53. The lowest BCUT2D eigenvalue weighted by atomic mass is 10.00. The highest BCUT2D eigenvalue weighted by Crippen LogP contribution is 2.41. The van der Waals surface area contributed by atoms with Crippen molar-refractivity contribution in [2.75, 3.05) is 10.4 Å². The quantitative estimate of drug-likeness (QED) is 0.686. The van der Waals surface area contributed by atoms with Crippen LogP contribution < -0.4 is 16.0 Å². The maximum Gasteiger partial charge on any atom is 0.416 e. The third-order valence-corrected chi connectivity index (χ3v) is 4.42. The summed E-state index contributed by atoms with van der Waals surface area (Å²) in [5.74, 6) is 0. The first-order chi connectivity index (χ1) is 10.8. The average Bonchev–Trinajstić information content (AvgIpc) is 2.88. The van der Waals surface area contributed by atoms with E-state index in [2.05, 4.69) is 26.9 Å². The zero-order chi connectivity index (χ0) is 16.8. The van der Waals surface area contributed by atoms with Crippen molar-refractivity contribution >= 4 is 38.9 Å². The number of nitrogens with zero attached hydrogens (tertiary/aromatic N) is 1. The molecule has 1 atom stereocenters. The number of benzene rings is 2. The highest BCUT2D eigenvalue weighted by Gasteiger charge is 2.37. The zero-order valence-electron chi connectivity index (χ0n) is 11.9. The second kappa shape index (κ2) is 5.89. The Bertz CT molecular complexity index is 751. The molecule has 0 aromatic heterocycles. The highest BCUT2D eigenvalue weighted by atomic mass is 79.9. The normalized spacial score (nSPS) is 15.3. The summed E-state index contributed by atoms with van der Waals surface area (Å²) in [5, 5.41) is 1.71. The molecule has 2 aromatic rings.